The number of rotatable bonds is 7. The lowest BCUT2D eigenvalue weighted by Gasteiger charge is -2.15. The van der Waals surface area contributed by atoms with Gasteiger partial charge in [0.25, 0.3) is 0 Å². The van der Waals surface area contributed by atoms with E-state index in [9.17, 15) is 14.0 Å². The van der Waals surface area contributed by atoms with Crippen molar-refractivity contribution in [3.63, 3.8) is 0 Å². The number of esters is 1. The summed E-state index contributed by atoms with van der Waals surface area (Å²) in [5, 5.41) is 0.742. The molecule has 1 heterocycles. The average Bonchev–Trinajstić information content (AvgIpc) is 2.89. The maximum Gasteiger partial charge on any atom is 0.305 e. The highest BCUT2D eigenvalue weighted by Crippen LogP contribution is 2.33. The van der Waals surface area contributed by atoms with E-state index < -0.39 is 0 Å². The molecule has 1 aliphatic carbocycles. The maximum atomic E-state index is 13.7. The molecular formula is C20H24FNO3. The summed E-state index contributed by atoms with van der Waals surface area (Å²) in [6.07, 6.45) is 5.34. The molecule has 134 valence electrons. The van der Waals surface area contributed by atoms with E-state index in [0.717, 1.165) is 55.2 Å². The molecule has 0 spiro atoms. The van der Waals surface area contributed by atoms with Crippen LogP contribution in [0.5, 0.6) is 0 Å². The summed E-state index contributed by atoms with van der Waals surface area (Å²) in [4.78, 5) is 23.7. The molecule has 0 unspecified atom stereocenters. The van der Waals surface area contributed by atoms with Gasteiger partial charge < -0.3 is 9.30 Å². The van der Waals surface area contributed by atoms with Crippen LogP contribution in [0.2, 0.25) is 0 Å². The topological polar surface area (TPSA) is 48.3 Å². The Bertz CT molecular complexity index is 794. The Labute approximate surface area is 147 Å². The number of ether oxygens (including phenoxy) is 1. The Morgan fingerprint density at radius 3 is 2.88 bits per heavy atom. The van der Waals surface area contributed by atoms with Crippen molar-refractivity contribution >= 4 is 22.7 Å². The lowest BCUT2D eigenvalue weighted by atomic mass is 9.94. The molecule has 2 aromatic rings. The minimum atomic E-state index is -0.305. The van der Waals surface area contributed by atoms with Crippen molar-refractivity contribution in [2.24, 2.45) is 0 Å². The van der Waals surface area contributed by atoms with Crippen LogP contribution in [0.3, 0.4) is 0 Å². The zero-order chi connectivity index (χ0) is 17.8. The van der Waals surface area contributed by atoms with Gasteiger partial charge in [0, 0.05) is 41.5 Å². The summed E-state index contributed by atoms with van der Waals surface area (Å²) in [5.41, 5.74) is 2.70. The van der Waals surface area contributed by atoms with Gasteiger partial charge in [-0.3, -0.25) is 9.59 Å². The van der Waals surface area contributed by atoms with Gasteiger partial charge in [0.1, 0.15) is 5.82 Å². The van der Waals surface area contributed by atoms with Crippen LogP contribution >= 0.6 is 0 Å². The van der Waals surface area contributed by atoms with Crippen molar-refractivity contribution in [3.05, 3.63) is 35.3 Å². The summed E-state index contributed by atoms with van der Waals surface area (Å²) in [6, 6.07) is 4.71. The van der Waals surface area contributed by atoms with E-state index in [1.807, 2.05) is 6.92 Å². The fourth-order valence-corrected chi connectivity index (χ4v) is 3.70. The number of aryl methyl sites for hydroxylation is 1. The van der Waals surface area contributed by atoms with Crippen molar-refractivity contribution in [2.45, 2.75) is 58.4 Å². The minimum Gasteiger partial charge on any atom is -0.466 e. The second-order valence-electron chi connectivity index (χ2n) is 6.53. The third-order valence-corrected chi connectivity index (χ3v) is 4.80. The number of unbranched alkanes of at least 4 members (excludes halogenated alkanes) is 2. The number of carbonyl (C=O) groups is 2. The van der Waals surface area contributed by atoms with Gasteiger partial charge in [-0.25, -0.2) is 4.39 Å². The first-order valence-electron chi connectivity index (χ1n) is 9.11. The molecule has 25 heavy (non-hydrogen) atoms. The van der Waals surface area contributed by atoms with Gasteiger partial charge in [0.2, 0.25) is 0 Å². The molecule has 5 heteroatoms. The number of nitrogens with zero attached hydrogens (tertiary/aromatic N) is 1. The van der Waals surface area contributed by atoms with Crippen LogP contribution in [-0.4, -0.2) is 22.9 Å². The van der Waals surface area contributed by atoms with Crippen LogP contribution in [0, 0.1) is 5.82 Å². The third-order valence-electron chi connectivity index (χ3n) is 4.80. The second kappa shape index (κ2) is 7.81. The molecule has 3 rings (SSSR count). The number of hydrogen-bond donors (Lipinski definition) is 0. The minimum absolute atomic E-state index is 0.123. The zero-order valence-electron chi connectivity index (χ0n) is 14.6. The van der Waals surface area contributed by atoms with Crippen molar-refractivity contribution < 1.29 is 18.7 Å². The molecular weight excluding hydrogens is 321 g/mol. The summed E-state index contributed by atoms with van der Waals surface area (Å²) >= 11 is 0. The van der Waals surface area contributed by atoms with Gasteiger partial charge in [0.05, 0.1) is 6.61 Å². The van der Waals surface area contributed by atoms with Crippen molar-refractivity contribution in [3.8, 4) is 0 Å². The highest BCUT2D eigenvalue weighted by molar-refractivity contribution is 6.10. The molecule has 0 saturated heterocycles. The lowest BCUT2D eigenvalue weighted by molar-refractivity contribution is -0.143. The third kappa shape index (κ3) is 3.75. The Morgan fingerprint density at radius 2 is 2.08 bits per heavy atom. The highest BCUT2D eigenvalue weighted by Gasteiger charge is 2.25. The molecule has 1 aliphatic rings. The number of benzene rings is 1. The number of halogens is 1. The smallest absolute Gasteiger partial charge is 0.305 e. The SMILES string of the molecule is CCOC(=O)CCCCCn1c2c(c3cc(F)ccc31)C(=O)CCC2. The van der Waals surface area contributed by atoms with Gasteiger partial charge in [0.15, 0.2) is 5.78 Å². The van der Waals surface area contributed by atoms with E-state index in [1.54, 1.807) is 6.07 Å². The van der Waals surface area contributed by atoms with E-state index in [4.69, 9.17) is 4.74 Å². The molecule has 1 aromatic carbocycles. The van der Waals surface area contributed by atoms with Crippen LogP contribution in [0.4, 0.5) is 4.39 Å². The standard InChI is InChI=1S/C20H24FNO3/c1-2-25-19(24)9-4-3-5-12-22-16-11-10-14(21)13-15(16)20-17(22)7-6-8-18(20)23/h10-11,13H,2-9,12H2,1H3. The Balaban J connectivity index is 1.73. The van der Waals surface area contributed by atoms with Gasteiger partial charge >= 0.3 is 5.97 Å². The number of hydrogen-bond acceptors (Lipinski definition) is 3. The van der Waals surface area contributed by atoms with Crippen LogP contribution in [-0.2, 0) is 22.5 Å². The molecule has 0 amide bonds. The largest absolute Gasteiger partial charge is 0.466 e. The molecule has 0 radical (unpaired) electrons. The molecule has 0 atom stereocenters. The fourth-order valence-electron chi connectivity index (χ4n) is 3.70. The van der Waals surface area contributed by atoms with Crippen molar-refractivity contribution in [1.82, 2.24) is 4.57 Å². The first kappa shape index (κ1) is 17.6. The first-order chi connectivity index (χ1) is 12.1. The van der Waals surface area contributed by atoms with Crippen molar-refractivity contribution in [1.29, 1.82) is 0 Å². The van der Waals surface area contributed by atoms with Crippen molar-refractivity contribution in [2.75, 3.05) is 6.61 Å². The number of aromatic nitrogens is 1. The summed E-state index contributed by atoms with van der Waals surface area (Å²) in [7, 11) is 0. The second-order valence-corrected chi connectivity index (χ2v) is 6.53. The number of ketones is 1. The van der Waals surface area contributed by atoms with E-state index >= 15 is 0 Å². The number of fused-ring (bicyclic) bond motifs is 3. The van der Waals surface area contributed by atoms with Gasteiger partial charge in [-0.05, 0) is 50.8 Å². The number of carbonyl (C=O) groups excluding carboxylic acids is 2. The zero-order valence-corrected chi connectivity index (χ0v) is 14.6. The molecule has 4 nitrogen and oxygen atoms in total. The van der Waals surface area contributed by atoms with Gasteiger partial charge in [-0.1, -0.05) is 6.42 Å². The molecule has 0 bridgehead atoms. The number of Topliss-reactive ketones (excluding diaryl/α,β-unsaturated/α-hetero) is 1. The summed E-state index contributed by atoms with van der Waals surface area (Å²) in [6.45, 7) is 3.01. The van der Waals surface area contributed by atoms with Crippen LogP contribution in [0.1, 0.15) is 61.5 Å². The molecule has 1 aromatic heterocycles. The van der Waals surface area contributed by atoms with E-state index in [1.165, 1.54) is 12.1 Å². The fraction of sp³-hybridized carbons (Fsp3) is 0.500. The molecule has 0 N–H and O–H groups in total. The van der Waals surface area contributed by atoms with Gasteiger partial charge in [-0.2, -0.15) is 0 Å². The van der Waals surface area contributed by atoms with Crippen LogP contribution in [0.25, 0.3) is 10.9 Å². The highest BCUT2D eigenvalue weighted by atomic mass is 19.1. The summed E-state index contributed by atoms with van der Waals surface area (Å²) in [5.74, 6) is -0.328. The quantitative estimate of drug-likeness (QED) is 0.551. The maximum absolute atomic E-state index is 13.7. The van der Waals surface area contributed by atoms with E-state index in [2.05, 4.69) is 4.57 Å². The predicted octanol–water partition coefficient (Wildman–Crippen LogP) is 4.42. The van der Waals surface area contributed by atoms with Crippen LogP contribution < -0.4 is 0 Å². The predicted molar refractivity (Wildman–Crippen MR) is 94.3 cm³/mol. The van der Waals surface area contributed by atoms with Crippen LogP contribution in [0.15, 0.2) is 18.2 Å². The lowest BCUT2D eigenvalue weighted by Crippen LogP contribution is -2.13. The van der Waals surface area contributed by atoms with E-state index in [-0.39, 0.29) is 17.6 Å². The van der Waals surface area contributed by atoms with Gasteiger partial charge in [-0.15, -0.1) is 0 Å². The average molecular weight is 345 g/mol. The Hall–Kier alpha value is -2.17. The Morgan fingerprint density at radius 1 is 1.24 bits per heavy atom. The Kier molecular flexibility index (Phi) is 5.51. The normalized spacial score (nSPS) is 13.9. The monoisotopic (exact) mass is 345 g/mol. The molecule has 0 aliphatic heterocycles. The summed E-state index contributed by atoms with van der Waals surface area (Å²) < 4.78 is 20.8. The van der Waals surface area contributed by atoms with E-state index in [0.29, 0.717) is 25.0 Å². The molecule has 0 saturated carbocycles. The first-order valence-corrected chi connectivity index (χ1v) is 9.11. The molecule has 0 fully saturated rings.